The molecule has 1 nitrogen and oxygen atoms in total. The summed E-state index contributed by atoms with van der Waals surface area (Å²) in [4.78, 5) is 0. The van der Waals surface area contributed by atoms with Crippen molar-refractivity contribution in [3.8, 4) is 22.3 Å². The summed E-state index contributed by atoms with van der Waals surface area (Å²) >= 11 is 0. The van der Waals surface area contributed by atoms with Crippen LogP contribution in [0.25, 0.3) is 28.3 Å². The molecule has 130 valence electrons. The third-order valence-electron chi connectivity index (χ3n) is 4.28. The van der Waals surface area contributed by atoms with E-state index in [4.69, 9.17) is 4.74 Å². The van der Waals surface area contributed by atoms with Crippen molar-refractivity contribution in [2.75, 3.05) is 6.61 Å². The van der Waals surface area contributed by atoms with Gasteiger partial charge < -0.3 is 4.74 Å². The first-order valence-corrected chi connectivity index (χ1v) is 8.91. The quantitative estimate of drug-likeness (QED) is 0.341. The first-order chi connectivity index (χ1) is 12.8. The molecule has 0 fully saturated rings. The van der Waals surface area contributed by atoms with Crippen molar-refractivity contribution < 1.29 is 4.74 Å². The van der Waals surface area contributed by atoms with Crippen molar-refractivity contribution in [3.63, 3.8) is 0 Å². The highest BCUT2D eigenvalue weighted by atomic mass is 16.5. The van der Waals surface area contributed by atoms with Crippen molar-refractivity contribution in [2.45, 2.75) is 13.5 Å². The number of hydrogen-bond donors (Lipinski definition) is 0. The molecule has 0 spiro atoms. The van der Waals surface area contributed by atoms with E-state index in [-0.39, 0.29) is 0 Å². The van der Waals surface area contributed by atoms with Crippen LogP contribution in [0.2, 0.25) is 0 Å². The van der Waals surface area contributed by atoms with E-state index in [9.17, 15) is 0 Å². The van der Waals surface area contributed by atoms with E-state index < -0.39 is 0 Å². The second-order valence-corrected chi connectivity index (χ2v) is 6.20. The van der Waals surface area contributed by atoms with E-state index in [0.717, 1.165) is 0 Å². The number of rotatable bonds is 7. The minimum absolute atomic E-state index is 0.582. The third kappa shape index (κ3) is 4.59. The second kappa shape index (κ2) is 8.98. The Hall–Kier alpha value is -2.90. The molecule has 0 heterocycles. The molecule has 26 heavy (non-hydrogen) atoms. The van der Waals surface area contributed by atoms with Gasteiger partial charge in [0.1, 0.15) is 0 Å². The van der Waals surface area contributed by atoms with Gasteiger partial charge in [0.2, 0.25) is 0 Å². The Labute approximate surface area is 156 Å². The molecule has 3 rings (SSSR count). The van der Waals surface area contributed by atoms with E-state index >= 15 is 0 Å². The Morgan fingerprint density at radius 3 is 1.65 bits per heavy atom. The molecule has 0 aliphatic rings. The maximum absolute atomic E-state index is 5.48. The summed E-state index contributed by atoms with van der Waals surface area (Å²) < 4.78 is 5.48. The van der Waals surface area contributed by atoms with E-state index in [1.165, 1.54) is 33.4 Å². The predicted octanol–water partition coefficient (Wildman–Crippen LogP) is 6.76. The number of ether oxygens (including phenoxy) is 1. The molecule has 0 bridgehead atoms. The largest absolute Gasteiger partial charge is 0.373 e. The van der Waals surface area contributed by atoms with E-state index in [1.807, 2.05) is 6.92 Å². The van der Waals surface area contributed by atoms with Crippen LogP contribution < -0.4 is 0 Å². The maximum atomic E-state index is 5.48. The monoisotopic (exact) mass is 340 g/mol. The number of allylic oxidation sites excluding steroid dienone is 1. The summed E-state index contributed by atoms with van der Waals surface area (Å²) in [5.41, 5.74) is 7.30. The molecule has 0 aromatic heterocycles. The van der Waals surface area contributed by atoms with Crippen LogP contribution in [-0.2, 0) is 11.3 Å². The van der Waals surface area contributed by atoms with Crippen LogP contribution in [0.3, 0.4) is 0 Å². The Morgan fingerprint density at radius 2 is 1.19 bits per heavy atom. The Morgan fingerprint density at radius 1 is 0.731 bits per heavy atom. The fraction of sp³-hybridized carbons (Fsp3) is 0.120. The van der Waals surface area contributed by atoms with Gasteiger partial charge in [-0.2, -0.15) is 0 Å². The lowest BCUT2D eigenvalue weighted by atomic mass is 9.99. The molecule has 0 saturated carbocycles. The van der Waals surface area contributed by atoms with Gasteiger partial charge in [-0.25, -0.2) is 0 Å². The summed E-state index contributed by atoms with van der Waals surface area (Å²) in [6.45, 7) is 6.90. The lowest BCUT2D eigenvalue weighted by Gasteiger charge is -2.07. The topological polar surface area (TPSA) is 9.23 Å². The fourth-order valence-corrected chi connectivity index (χ4v) is 2.89. The van der Waals surface area contributed by atoms with Crippen molar-refractivity contribution in [3.05, 3.63) is 103 Å². The molecule has 0 aliphatic heterocycles. The van der Waals surface area contributed by atoms with Crippen molar-refractivity contribution >= 4 is 6.08 Å². The number of hydrogen-bond acceptors (Lipinski definition) is 1. The van der Waals surface area contributed by atoms with Crippen LogP contribution >= 0.6 is 0 Å². The Balaban J connectivity index is 1.71. The zero-order chi connectivity index (χ0) is 18.2. The van der Waals surface area contributed by atoms with Gasteiger partial charge in [-0.1, -0.05) is 91.0 Å². The SMILES string of the molecule is C=CCOCc1ccc(-c2ccc(-c3ccc(/C=C\C)cc3)cc2)cc1. The molecule has 1 heteroatoms. The van der Waals surface area contributed by atoms with Gasteiger partial charge in [0.25, 0.3) is 0 Å². The standard InChI is InChI=1S/C25H24O/c1-3-5-20-6-10-22(11-7-20)24-14-16-25(17-15-24)23-12-8-21(9-13-23)19-26-18-4-2/h3-17H,2,18-19H2,1H3/b5-3-. The van der Waals surface area contributed by atoms with Crippen molar-refractivity contribution in [2.24, 2.45) is 0 Å². The normalized spacial score (nSPS) is 11.0. The van der Waals surface area contributed by atoms with Crippen LogP contribution in [0.4, 0.5) is 0 Å². The first kappa shape index (κ1) is 17.9. The summed E-state index contributed by atoms with van der Waals surface area (Å²) in [6.07, 6.45) is 5.93. The van der Waals surface area contributed by atoms with E-state index in [0.29, 0.717) is 13.2 Å². The molecule has 3 aromatic carbocycles. The molecule has 0 atom stereocenters. The molecular weight excluding hydrogens is 316 g/mol. The zero-order valence-electron chi connectivity index (χ0n) is 15.2. The summed E-state index contributed by atoms with van der Waals surface area (Å²) in [5, 5.41) is 0. The zero-order valence-corrected chi connectivity index (χ0v) is 15.2. The third-order valence-corrected chi connectivity index (χ3v) is 4.28. The highest BCUT2D eigenvalue weighted by molar-refractivity contribution is 5.71. The molecule has 3 aromatic rings. The van der Waals surface area contributed by atoms with Gasteiger partial charge in [-0.05, 0) is 40.3 Å². The number of benzene rings is 3. The molecule has 0 saturated heterocycles. The van der Waals surface area contributed by atoms with Gasteiger partial charge >= 0.3 is 0 Å². The lowest BCUT2D eigenvalue weighted by molar-refractivity contribution is 0.149. The maximum Gasteiger partial charge on any atom is 0.0721 e. The van der Waals surface area contributed by atoms with Gasteiger partial charge in [-0.3, -0.25) is 0 Å². The molecular formula is C25H24O. The average Bonchev–Trinajstić information content (AvgIpc) is 2.70. The predicted molar refractivity (Wildman–Crippen MR) is 112 cm³/mol. The molecule has 0 unspecified atom stereocenters. The average molecular weight is 340 g/mol. The van der Waals surface area contributed by atoms with Crippen LogP contribution in [0.5, 0.6) is 0 Å². The highest BCUT2D eigenvalue weighted by Gasteiger charge is 2.01. The Kier molecular flexibility index (Phi) is 6.19. The van der Waals surface area contributed by atoms with Gasteiger partial charge in [0.05, 0.1) is 13.2 Å². The van der Waals surface area contributed by atoms with Crippen LogP contribution in [0.15, 0.2) is 91.5 Å². The summed E-state index contributed by atoms with van der Waals surface area (Å²) in [6, 6.07) is 25.9. The van der Waals surface area contributed by atoms with Gasteiger partial charge in [0, 0.05) is 0 Å². The van der Waals surface area contributed by atoms with Gasteiger partial charge in [-0.15, -0.1) is 6.58 Å². The molecule has 0 amide bonds. The minimum atomic E-state index is 0.582. The van der Waals surface area contributed by atoms with Crippen LogP contribution in [0, 0.1) is 0 Å². The van der Waals surface area contributed by atoms with E-state index in [2.05, 4.69) is 91.5 Å². The second-order valence-electron chi connectivity index (χ2n) is 6.20. The van der Waals surface area contributed by atoms with Crippen molar-refractivity contribution in [1.82, 2.24) is 0 Å². The van der Waals surface area contributed by atoms with Crippen LogP contribution in [-0.4, -0.2) is 6.61 Å². The summed E-state index contributed by atoms with van der Waals surface area (Å²) in [7, 11) is 0. The highest BCUT2D eigenvalue weighted by Crippen LogP contribution is 2.25. The fourth-order valence-electron chi connectivity index (χ4n) is 2.89. The molecule has 0 N–H and O–H groups in total. The lowest BCUT2D eigenvalue weighted by Crippen LogP contribution is -1.92. The molecule has 0 aliphatic carbocycles. The Bertz CT molecular complexity index is 854. The van der Waals surface area contributed by atoms with Crippen LogP contribution in [0.1, 0.15) is 18.1 Å². The smallest absolute Gasteiger partial charge is 0.0721 e. The van der Waals surface area contributed by atoms with Gasteiger partial charge in [0.15, 0.2) is 0 Å². The minimum Gasteiger partial charge on any atom is -0.373 e. The molecule has 0 radical (unpaired) electrons. The van der Waals surface area contributed by atoms with Crippen molar-refractivity contribution in [1.29, 1.82) is 0 Å². The first-order valence-electron chi connectivity index (χ1n) is 8.91. The summed E-state index contributed by atoms with van der Waals surface area (Å²) in [5.74, 6) is 0. The van der Waals surface area contributed by atoms with E-state index in [1.54, 1.807) is 6.08 Å².